The summed E-state index contributed by atoms with van der Waals surface area (Å²) in [6, 6.07) is 4.67. The van der Waals surface area contributed by atoms with Crippen molar-refractivity contribution in [1.29, 1.82) is 0 Å². The molecule has 4 heteroatoms. The van der Waals surface area contributed by atoms with Gasteiger partial charge in [-0.25, -0.2) is 0 Å². The van der Waals surface area contributed by atoms with Crippen LogP contribution < -0.4 is 0 Å². The van der Waals surface area contributed by atoms with E-state index in [1.807, 2.05) is 23.4 Å². The summed E-state index contributed by atoms with van der Waals surface area (Å²) in [5.41, 5.74) is 1.31. The first-order valence-electron chi connectivity index (χ1n) is 7.26. The number of rotatable bonds is 4. The van der Waals surface area contributed by atoms with Gasteiger partial charge in [0.15, 0.2) is 0 Å². The lowest BCUT2D eigenvalue weighted by molar-refractivity contribution is -0.127. The summed E-state index contributed by atoms with van der Waals surface area (Å²) in [6.07, 6.45) is 8.03. The van der Waals surface area contributed by atoms with Gasteiger partial charge in [-0.15, -0.1) is 0 Å². The van der Waals surface area contributed by atoms with Crippen LogP contribution in [0.15, 0.2) is 24.5 Å². The molecule has 19 heavy (non-hydrogen) atoms. The van der Waals surface area contributed by atoms with Gasteiger partial charge in [-0.05, 0) is 37.4 Å². The molecule has 0 aromatic carbocycles. The van der Waals surface area contributed by atoms with Crippen molar-refractivity contribution in [3.63, 3.8) is 0 Å². The predicted molar refractivity (Wildman–Crippen MR) is 73.6 cm³/mol. The van der Waals surface area contributed by atoms with Crippen LogP contribution in [0.25, 0.3) is 0 Å². The molecule has 0 spiro atoms. The number of amides is 1. The molecule has 0 radical (unpaired) electrons. The van der Waals surface area contributed by atoms with E-state index in [2.05, 4.69) is 16.0 Å². The van der Waals surface area contributed by atoms with E-state index in [9.17, 15) is 4.79 Å². The molecule has 3 rings (SSSR count). The van der Waals surface area contributed by atoms with Crippen LogP contribution in [-0.2, 0) is 4.79 Å². The molecular weight excluding hydrogens is 238 g/mol. The van der Waals surface area contributed by atoms with E-state index in [1.54, 1.807) is 0 Å². The van der Waals surface area contributed by atoms with Gasteiger partial charge in [-0.3, -0.25) is 14.7 Å². The van der Waals surface area contributed by atoms with Crippen LogP contribution >= 0.6 is 0 Å². The van der Waals surface area contributed by atoms with Crippen molar-refractivity contribution in [2.24, 2.45) is 0 Å². The number of carbonyl (C=O) groups excluding carboxylic acids is 1. The molecule has 4 nitrogen and oxygen atoms in total. The summed E-state index contributed by atoms with van der Waals surface area (Å²) in [5.74, 6) is 0.331. The van der Waals surface area contributed by atoms with Crippen molar-refractivity contribution in [2.75, 3.05) is 26.2 Å². The van der Waals surface area contributed by atoms with Gasteiger partial charge in [-0.2, -0.15) is 0 Å². The van der Waals surface area contributed by atoms with Crippen LogP contribution in [-0.4, -0.2) is 46.9 Å². The molecule has 1 amide bonds. The average Bonchev–Trinajstić information content (AvgIpc) is 3.06. The summed E-state index contributed by atoms with van der Waals surface area (Å²) in [6.45, 7) is 3.97. The number of likely N-dealkylation sites (tertiary alicyclic amines) is 2. The predicted octanol–water partition coefficient (Wildman–Crippen LogP) is 1.84. The summed E-state index contributed by atoms with van der Waals surface area (Å²) >= 11 is 0. The van der Waals surface area contributed by atoms with Gasteiger partial charge < -0.3 is 4.90 Å². The maximum absolute atomic E-state index is 11.6. The number of pyridine rings is 1. The zero-order valence-electron chi connectivity index (χ0n) is 11.3. The third-order valence-corrected chi connectivity index (χ3v) is 4.26. The Hall–Kier alpha value is -1.42. The molecule has 3 heterocycles. The molecule has 2 aliphatic rings. The Morgan fingerprint density at radius 2 is 2.21 bits per heavy atom. The number of nitrogens with zero attached hydrogens (tertiary/aromatic N) is 3. The number of hydrogen-bond donors (Lipinski definition) is 0. The van der Waals surface area contributed by atoms with Crippen molar-refractivity contribution in [3.8, 4) is 0 Å². The quantitative estimate of drug-likeness (QED) is 0.828. The summed E-state index contributed by atoms with van der Waals surface area (Å²) in [4.78, 5) is 20.4. The van der Waals surface area contributed by atoms with E-state index in [-0.39, 0.29) is 0 Å². The molecule has 102 valence electrons. The average molecular weight is 259 g/mol. The molecular formula is C15H21N3O. The highest BCUT2D eigenvalue weighted by Gasteiger charge is 2.27. The van der Waals surface area contributed by atoms with E-state index in [0.717, 1.165) is 39.0 Å². The molecule has 0 saturated carbocycles. The first-order valence-corrected chi connectivity index (χ1v) is 7.26. The molecule has 1 aromatic rings. The number of carbonyl (C=O) groups is 1. The lowest BCUT2D eigenvalue weighted by Gasteiger charge is -2.27. The van der Waals surface area contributed by atoms with E-state index >= 15 is 0 Å². The molecule has 0 bridgehead atoms. The van der Waals surface area contributed by atoms with Crippen LogP contribution in [0.3, 0.4) is 0 Å². The zero-order valence-corrected chi connectivity index (χ0v) is 11.3. The topological polar surface area (TPSA) is 36.4 Å². The molecule has 0 aliphatic carbocycles. The monoisotopic (exact) mass is 259 g/mol. The van der Waals surface area contributed by atoms with Gasteiger partial charge in [-0.1, -0.05) is 6.07 Å². The smallest absolute Gasteiger partial charge is 0.222 e. The van der Waals surface area contributed by atoms with E-state index in [1.165, 1.54) is 18.4 Å². The van der Waals surface area contributed by atoms with Gasteiger partial charge in [0.2, 0.25) is 5.91 Å². The van der Waals surface area contributed by atoms with Crippen molar-refractivity contribution in [3.05, 3.63) is 30.1 Å². The van der Waals surface area contributed by atoms with Crippen LogP contribution in [0.1, 0.15) is 37.3 Å². The van der Waals surface area contributed by atoms with Gasteiger partial charge in [0.05, 0.1) is 0 Å². The molecule has 0 N–H and O–H groups in total. The first-order chi connectivity index (χ1) is 9.34. The summed E-state index contributed by atoms with van der Waals surface area (Å²) < 4.78 is 0. The second-order valence-corrected chi connectivity index (χ2v) is 5.46. The van der Waals surface area contributed by atoms with Crippen LogP contribution in [0.5, 0.6) is 0 Å². The van der Waals surface area contributed by atoms with Crippen LogP contribution in [0.2, 0.25) is 0 Å². The van der Waals surface area contributed by atoms with Crippen LogP contribution in [0.4, 0.5) is 0 Å². The molecule has 2 aliphatic heterocycles. The third-order valence-electron chi connectivity index (χ3n) is 4.26. The second kappa shape index (κ2) is 5.70. The SMILES string of the molecule is O=C1CCCN1CCN1CCCC1c1cccnc1. The lowest BCUT2D eigenvalue weighted by Crippen LogP contribution is -2.35. The summed E-state index contributed by atoms with van der Waals surface area (Å²) in [7, 11) is 0. The van der Waals surface area contributed by atoms with Crippen molar-refractivity contribution in [2.45, 2.75) is 31.7 Å². The largest absolute Gasteiger partial charge is 0.341 e. The Morgan fingerprint density at radius 1 is 1.26 bits per heavy atom. The van der Waals surface area contributed by atoms with Gasteiger partial charge >= 0.3 is 0 Å². The summed E-state index contributed by atoms with van der Waals surface area (Å²) in [5, 5.41) is 0. The fourth-order valence-electron chi connectivity index (χ4n) is 3.23. The number of aromatic nitrogens is 1. The number of hydrogen-bond acceptors (Lipinski definition) is 3. The molecule has 1 atom stereocenters. The highest BCUT2D eigenvalue weighted by atomic mass is 16.2. The fourth-order valence-corrected chi connectivity index (χ4v) is 3.23. The second-order valence-electron chi connectivity index (χ2n) is 5.46. The standard InChI is InChI=1S/C15H21N3O/c19-15-6-3-9-18(15)11-10-17-8-2-5-14(17)13-4-1-7-16-12-13/h1,4,7,12,14H,2-3,5-6,8-11H2. The highest BCUT2D eigenvalue weighted by molar-refractivity contribution is 5.78. The Labute approximate surface area is 114 Å². The fraction of sp³-hybridized carbons (Fsp3) is 0.600. The van der Waals surface area contributed by atoms with Gasteiger partial charge in [0.25, 0.3) is 0 Å². The normalized spacial score (nSPS) is 24.3. The van der Waals surface area contributed by atoms with E-state index in [4.69, 9.17) is 0 Å². The third kappa shape index (κ3) is 2.78. The first kappa shape index (κ1) is 12.6. The maximum Gasteiger partial charge on any atom is 0.222 e. The van der Waals surface area contributed by atoms with Crippen molar-refractivity contribution >= 4 is 5.91 Å². The molecule has 1 aromatic heterocycles. The zero-order chi connectivity index (χ0) is 13.1. The Morgan fingerprint density at radius 3 is 2.95 bits per heavy atom. The minimum atomic E-state index is 0.331. The maximum atomic E-state index is 11.6. The molecule has 1 unspecified atom stereocenters. The minimum Gasteiger partial charge on any atom is -0.341 e. The van der Waals surface area contributed by atoms with Crippen molar-refractivity contribution in [1.82, 2.24) is 14.8 Å². The molecule has 2 saturated heterocycles. The van der Waals surface area contributed by atoms with E-state index < -0.39 is 0 Å². The van der Waals surface area contributed by atoms with E-state index in [0.29, 0.717) is 11.9 Å². The van der Waals surface area contributed by atoms with Gasteiger partial charge in [0.1, 0.15) is 0 Å². The Bertz CT molecular complexity index is 434. The Kier molecular flexibility index (Phi) is 3.78. The Balaban J connectivity index is 1.59. The van der Waals surface area contributed by atoms with Crippen LogP contribution in [0, 0.1) is 0 Å². The minimum absolute atomic E-state index is 0.331. The van der Waals surface area contributed by atoms with Gasteiger partial charge in [0, 0.05) is 44.5 Å². The lowest BCUT2D eigenvalue weighted by atomic mass is 10.1. The van der Waals surface area contributed by atoms with Crippen molar-refractivity contribution < 1.29 is 4.79 Å². The molecule has 2 fully saturated rings. The highest BCUT2D eigenvalue weighted by Crippen LogP contribution is 2.31.